The van der Waals surface area contributed by atoms with E-state index in [1.807, 2.05) is 13.1 Å². The highest BCUT2D eigenvalue weighted by Crippen LogP contribution is 2.44. The lowest BCUT2D eigenvalue weighted by molar-refractivity contribution is 0.0773. The number of nitrogens with zero attached hydrogens (tertiary/aromatic N) is 7. The minimum atomic E-state index is -0.309. The molecule has 2 aliphatic rings. The van der Waals surface area contributed by atoms with E-state index >= 15 is 0 Å². The number of aromatic nitrogens is 7. The number of methoxy groups -OCH3 is 1. The number of pyridine rings is 1. The van der Waals surface area contributed by atoms with Crippen molar-refractivity contribution in [3.8, 4) is 17.2 Å². The number of aryl methyl sites for hydroxylation is 1. The van der Waals surface area contributed by atoms with Gasteiger partial charge in [-0.3, -0.25) is 4.98 Å². The maximum atomic E-state index is 14.2. The van der Waals surface area contributed by atoms with Crippen molar-refractivity contribution in [2.75, 3.05) is 7.11 Å². The zero-order valence-corrected chi connectivity index (χ0v) is 17.4. The number of ether oxygens (including phenoxy) is 1. The van der Waals surface area contributed by atoms with Gasteiger partial charge >= 0.3 is 0 Å². The molecular weight excluding hydrogens is 397 g/mol. The molecule has 158 valence electrons. The predicted octanol–water partition coefficient (Wildman–Crippen LogP) is 3.73. The van der Waals surface area contributed by atoms with E-state index in [0.29, 0.717) is 34.7 Å². The SMILES string of the molecule is COC(c1nc(-c2cc(C3CC3)nc3ccc(F)cc23)n(-c2cnnn2C)n1)C1CC1. The minimum absolute atomic E-state index is 0.172. The zero-order valence-electron chi connectivity index (χ0n) is 17.4. The average molecular weight is 419 g/mol. The van der Waals surface area contributed by atoms with Crippen molar-refractivity contribution in [1.82, 2.24) is 34.7 Å². The molecule has 3 heterocycles. The quantitative estimate of drug-likeness (QED) is 0.474. The third-order valence-electron chi connectivity index (χ3n) is 6.12. The summed E-state index contributed by atoms with van der Waals surface area (Å²) in [6, 6.07) is 6.73. The van der Waals surface area contributed by atoms with E-state index in [1.165, 1.54) is 12.1 Å². The summed E-state index contributed by atoms with van der Waals surface area (Å²) in [5.74, 6) is 2.47. The second kappa shape index (κ2) is 6.91. The molecule has 0 spiro atoms. The Bertz CT molecular complexity index is 1290. The van der Waals surface area contributed by atoms with Crippen LogP contribution in [0.5, 0.6) is 0 Å². The van der Waals surface area contributed by atoms with Crippen LogP contribution in [-0.2, 0) is 11.8 Å². The fourth-order valence-electron chi connectivity index (χ4n) is 4.16. The molecule has 0 N–H and O–H groups in total. The maximum absolute atomic E-state index is 14.2. The van der Waals surface area contributed by atoms with Gasteiger partial charge in [-0.15, -0.1) is 10.2 Å². The van der Waals surface area contributed by atoms with Crippen LogP contribution in [-0.4, -0.2) is 41.9 Å². The molecule has 9 heteroatoms. The van der Waals surface area contributed by atoms with E-state index in [2.05, 4.69) is 10.3 Å². The maximum Gasteiger partial charge on any atom is 0.180 e. The molecule has 4 aromatic rings. The van der Waals surface area contributed by atoms with E-state index < -0.39 is 0 Å². The van der Waals surface area contributed by atoms with Crippen LogP contribution in [0, 0.1) is 11.7 Å². The fraction of sp³-hybridized carbons (Fsp3) is 0.409. The van der Waals surface area contributed by atoms with Crippen LogP contribution in [0.15, 0.2) is 30.5 Å². The Balaban J connectivity index is 1.61. The van der Waals surface area contributed by atoms with Crippen LogP contribution in [0.4, 0.5) is 4.39 Å². The molecule has 2 aliphatic carbocycles. The summed E-state index contributed by atoms with van der Waals surface area (Å²) >= 11 is 0. The van der Waals surface area contributed by atoms with Crippen molar-refractivity contribution in [3.05, 3.63) is 47.8 Å². The second-order valence-electron chi connectivity index (χ2n) is 8.45. The van der Waals surface area contributed by atoms with Crippen molar-refractivity contribution in [1.29, 1.82) is 0 Å². The Kier molecular flexibility index (Phi) is 4.14. The van der Waals surface area contributed by atoms with E-state index in [0.717, 1.165) is 42.5 Å². The highest BCUT2D eigenvalue weighted by molar-refractivity contribution is 5.93. The normalized spacial score (nSPS) is 17.4. The Morgan fingerprint density at radius 1 is 1.13 bits per heavy atom. The number of hydrogen-bond acceptors (Lipinski definition) is 6. The van der Waals surface area contributed by atoms with Gasteiger partial charge < -0.3 is 4.74 Å². The summed E-state index contributed by atoms with van der Waals surface area (Å²) in [5.41, 5.74) is 2.57. The molecule has 31 heavy (non-hydrogen) atoms. The minimum Gasteiger partial charge on any atom is -0.373 e. The zero-order chi connectivity index (χ0) is 21.1. The van der Waals surface area contributed by atoms with Gasteiger partial charge in [0.25, 0.3) is 0 Å². The van der Waals surface area contributed by atoms with Crippen LogP contribution in [0.1, 0.15) is 49.2 Å². The van der Waals surface area contributed by atoms with Crippen LogP contribution >= 0.6 is 0 Å². The van der Waals surface area contributed by atoms with E-state index in [4.69, 9.17) is 19.8 Å². The monoisotopic (exact) mass is 419 g/mol. The van der Waals surface area contributed by atoms with Gasteiger partial charge in [0.05, 0.1) is 11.7 Å². The van der Waals surface area contributed by atoms with E-state index in [1.54, 1.807) is 28.7 Å². The van der Waals surface area contributed by atoms with Gasteiger partial charge in [-0.05, 0) is 55.9 Å². The molecule has 1 unspecified atom stereocenters. The molecule has 0 amide bonds. The van der Waals surface area contributed by atoms with Gasteiger partial charge in [0.1, 0.15) is 11.9 Å². The van der Waals surface area contributed by atoms with Crippen LogP contribution in [0.25, 0.3) is 28.1 Å². The smallest absolute Gasteiger partial charge is 0.180 e. The Labute approximate surface area is 178 Å². The van der Waals surface area contributed by atoms with Crippen LogP contribution in [0.2, 0.25) is 0 Å². The lowest BCUT2D eigenvalue weighted by Crippen LogP contribution is -2.09. The Morgan fingerprint density at radius 2 is 1.97 bits per heavy atom. The van der Waals surface area contributed by atoms with Gasteiger partial charge in [0.15, 0.2) is 17.5 Å². The molecule has 0 radical (unpaired) electrons. The van der Waals surface area contributed by atoms with E-state index in [-0.39, 0.29) is 11.9 Å². The summed E-state index contributed by atoms with van der Waals surface area (Å²) in [7, 11) is 3.50. The van der Waals surface area contributed by atoms with Crippen molar-refractivity contribution < 1.29 is 9.13 Å². The topological polar surface area (TPSA) is 83.5 Å². The molecule has 0 bridgehead atoms. The highest BCUT2D eigenvalue weighted by Gasteiger charge is 2.36. The summed E-state index contributed by atoms with van der Waals surface area (Å²) in [4.78, 5) is 9.71. The number of benzene rings is 1. The first-order valence-electron chi connectivity index (χ1n) is 10.6. The van der Waals surface area contributed by atoms with Gasteiger partial charge in [0.2, 0.25) is 0 Å². The first kappa shape index (κ1) is 18.6. The molecule has 8 nitrogen and oxygen atoms in total. The lowest BCUT2D eigenvalue weighted by Gasteiger charge is -2.10. The van der Waals surface area contributed by atoms with Crippen LogP contribution in [0.3, 0.4) is 0 Å². The third-order valence-corrected chi connectivity index (χ3v) is 6.12. The number of halogens is 1. The molecule has 1 aromatic carbocycles. The first-order valence-corrected chi connectivity index (χ1v) is 10.6. The lowest BCUT2D eigenvalue weighted by atomic mass is 10.0. The van der Waals surface area contributed by atoms with E-state index in [9.17, 15) is 4.39 Å². The molecule has 3 aromatic heterocycles. The number of fused-ring (bicyclic) bond motifs is 1. The van der Waals surface area contributed by atoms with Crippen molar-refractivity contribution in [2.45, 2.75) is 37.7 Å². The molecule has 6 rings (SSSR count). The molecule has 1 atom stereocenters. The first-order chi connectivity index (χ1) is 15.1. The van der Waals surface area contributed by atoms with Gasteiger partial charge in [-0.1, -0.05) is 5.21 Å². The standard InChI is InChI=1S/C22H22FN7O/c1-29-19(11-24-28-29)30-22(26-21(27-30)20(31-2)13-5-6-13)16-10-18(12-3-4-12)25-17-8-7-14(23)9-15(16)17/h7-13,20H,3-6H2,1-2H3. The van der Waals surface area contributed by atoms with Crippen LogP contribution < -0.4 is 0 Å². The summed E-state index contributed by atoms with van der Waals surface area (Å²) in [6.45, 7) is 0. The number of rotatable bonds is 6. The Hall–Kier alpha value is -3.20. The highest BCUT2D eigenvalue weighted by atomic mass is 19.1. The Morgan fingerprint density at radius 3 is 2.65 bits per heavy atom. The van der Waals surface area contributed by atoms with Gasteiger partial charge in [0, 0.05) is 36.7 Å². The molecular formula is C22H22FN7O. The average Bonchev–Trinajstić information content (AvgIpc) is 3.69. The van der Waals surface area contributed by atoms with Gasteiger partial charge in [-0.2, -0.15) is 4.68 Å². The third kappa shape index (κ3) is 3.20. The summed E-state index contributed by atoms with van der Waals surface area (Å²) in [5, 5.41) is 13.6. The largest absolute Gasteiger partial charge is 0.373 e. The van der Waals surface area contributed by atoms with Crippen molar-refractivity contribution in [2.24, 2.45) is 13.0 Å². The summed E-state index contributed by atoms with van der Waals surface area (Å²) < 4.78 is 23.4. The fourth-order valence-corrected chi connectivity index (χ4v) is 4.16. The predicted molar refractivity (Wildman–Crippen MR) is 111 cm³/mol. The molecule has 2 fully saturated rings. The van der Waals surface area contributed by atoms with Crippen molar-refractivity contribution in [3.63, 3.8) is 0 Å². The van der Waals surface area contributed by atoms with Gasteiger partial charge in [-0.25, -0.2) is 14.1 Å². The molecule has 0 saturated heterocycles. The number of hydrogen-bond donors (Lipinski definition) is 0. The second-order valence-corrected chi connectivity index (χ2v) is 8.45. The molecule has 2 saturated carbocycles. The summed E-state index contributed by atoms with van der Waals surface area (Å²) in [6.07, 6.45) is 5.92. The molecule has 0 aliphatic heterocycles. The van der Waals surface area contributed by atoms with Crippen molar-refractivity contribution >= 4 is 10.9 Å².